The number of hydrogen-bond acceptors (Lipinski definition) is 6. The van der Waals surface area contributed by atoms with E-state index in [-0.39, 0.29) is 23.6 Å². The molecular formula is C20H23F3N4O4. The molecule has 0 radical (unpaired) electrons. The van der Waals surface area contributed by atoms with Gasteiger partial charge >= 0.3 is 12.4 Å². The number of halogens is 3. The van der Waals surface area contributed by atoms with Crippen LogP contribution < -0.4 is 4.74 Å². The molecular weight excluding hydrogens is 417 g/mol. The Morgan fingerprint density at radius 1 is 1.10 bits per heavy atom. The van der Waals surface area contributed by atoms with Crippen LogP contribution in [0.1, 0.15) is 35.5 Å². The van der Waals surface area contributed by atoms with E-state index in [0.717, 1.165) is 5.56 Å². The number of amides is 2. The third-order valence-corrected chi connectivity index (χ3v) is 5.48. The van der Waals surface area contributed by atoms with Crippen molar-refractivity contribution in [3.63, 3.8) is 0 Å². The minimum atomic E-state index is -4.74. The molecule has 2 atom stereocenters. The zero-order valence-electron chi connectivity index (χ0n) is 17.0. The molecule has 2 saturated heterocycles. The van der Waals surface area contributed by atoms with E-state index in [1.165, 1.54) is 12.1 Å². The van der Waals surface area contributed by atoms with Crippen LogP contribution in [-0.4, -0.2) is 71.7 Å². The Kier molecular flexibility index (Phi) is 6.03. The number of carbonyl (C=O) groups is 1. The van der Waals surface area contributed by atoms with E-state index in [2.05, 4.69) is 14.9 Å². The second kappa shape index (κ2) is 8.74. The first-order chi connectivity index (χ1) is 14.8. The first kappa shape index (κ1) is 21.4. The Morgan fingerprint density at radius 2 is 1.77 bits per heavy atom. The predicted octanol–water partition coefficient (Wildman–Crippen LogP) is 3.30. The van der Waals surface area contributed by atoms with Crippen LogP contribution >= 0.6 is 0 Å². The number of likely N-dealkylation sites (tertiary alicyclic amines) is 1. The molecule has 2 aromatic rings. The molecule has 0 bridgehead atoms. The molecule has 2 fully saturated rings. The Morgan fingerprint density at radius 3 is 2.39 bits per heavy atom. The number of morpholine rings is 1. The van der Waals surface area contributed by atoms with Crippen molar-refractivity contribution in [2.75, 3.05) is 39.4 Å². The quantitative estimate of drug-likeness (QED) is 0.729. The summed E-state index contributed by atoms with van der Waals surface area (Å²) in [6.07, 6.45) is -4.11. The van der Waals surface area contributed by atoms with E-state index in [1.807, 2.05) is 0 Å². The van der Waals surface area contributed by atoms with Crippen LogP contribution in [-0.2, 0) is 4.74 Å². The van der Waals surface area contributed by atoms with Crippen LogP contribution in [0.2, 0.25) is 0 Å². The van der Waals surface area contributed by atoms with Gasteiger partial charge in [-0.3, -0.25) is 0 Å². The summed E-state index contributed by atoms with van der Waals surface area (Å²) in [7, 11) is 0. The molecule has 4 rings (SSSR count). The fourth-order valence-electron chi connectivity index (χ4n) is 4.05. The molecule has 2 amide bonds. The highest BCUT2D eigenvalue weighted by atomic mass is 19.4. The van der Waals surface area contributed by atoms with Crippen molar-refractivity contribution in [1.82, 2.24) is 19.9 Å². The van der Waals surface area contributed by atoms with E-state index in [9.17, 15) is 18.0 Å². The lowest BCUT2D eigenvalue weighted by atomic mass is 9.84. The van der Waals surface area contributed by atoms with Gasteiger partial charge in [0.25, 0.3) is 0 Å². The van der Waals surface area contributed by atoms with E-state index >= 15 is 0 Å². The number of aromatic nitrogens is 2. The molecule has 1 aromatic carbocycles. The fourth-order valence-corrected chi connectivity index (χ4v) is 4.05. The number of hydrogen-bond donors (Lipinski definition) is 0. The largest absolute Gasteiger partial charge is 0.573 e. The van der Waals surface area contributed by atoms with Crippen molar-refractivity contribution in [3.8, 4) is 5.75 Å². The average Bonchev–Trinajstić information content (AvgIpc) is 3.19. The minimum Gasteiger partial charge on any atom is -0.406 e. The van der Waals surface area contributed by atoms with Crippen LogP contribution in [0.15, 0.2) is 28.8 Å². The Bertz CT molecular complexity index is 897. The zero-order valence-corrected chi connectivity index (χ0v) is 17.0. The standard InChI is InChI=1S/C20H23F3N4O4/c1-13-24-18(31-25-13)16-10-15(14-2-4-17(5-3-14)30-20(21,22)23)11-27(12-16)19(28)26-6-8-29-9-7-26/h2-5,15-16H,6-12H2,1H3. The molecule has 0 saturated carbocycles. The maximum absolute atomic E-state index is 13.1. The molecule has 11 heteroatoms. The van der Waals surface area contributed by atoms with Crippen LogP contribution in [0.3, 0.4) is 0 Å². The molecule has 8 nitrogen and oxygen atoms in total. The van der Waals surface area contributed by atoms with E-state index < -0.39 is 6.36 Å². The van der Waals surface area contributed by atoms with E-state index in [0.29, 0.717) is 57.5 Å². The van der Waals surface area contributed by atoms with Gasteiger partial charge in [0.1, 0.15) is 5.75 Å². The molecule has 31 heavy (non-hydrogen) atoms. The number of ether oxygens (including phenoxy) is 2. The van der Waals surface area contributed by atoms with Gasteiger partial charge in [-0.25, -0.2) is 4.79 Å². The summed E-state index contributed by atoms with van der Waals surface area (Å²) in [6.45, 7) is 4.64. The lowest BCUT2D eigenvalue weighted by Gasteiger charge is -2.40. The maximum atomic E-state index is 13.1. The maximum Gasteiger partial charge on any atom is 0.573 e. The lowest BCUT2D eigenvalue weighted by Crippen LogP contribution is -2.52. The summed E-state index contributed by atoms with van der Waals surface area (Å²) in [5.74, 6) is 0.417. The zero-order chi connectivity index (χ0) is 22.0. The summed E-state index contributed by atoms with van der Waals surface area (Å²) >= 11 is 0. The summed E-state index contributed by atoms with van der Waals surface area (Å²) in [5.41, 5.74) is 0.815. The molecule has 2 unspecified atom stereocenters. The van der Waals surface area contributed by atoms with Gasteiger partial charge in [-0.15, -0.1) is 13.2 Å². The van der Waals surface area contributed by atoms with Gasteiger partial charge in [0.15, 0.2) is 5.82 Å². The van der Waals surface area contributed by atoms with Crippen LogP contribution in [0, 0.1) is 6.92 Å². The van der Waals surface area contributed by atoms with Crippen molar-refractivity contribution in [2.24, 2.45) is 0 Å². The van der Waals surface area contributed by atoms with Crippen molar-refractivity contribution >= 4 is 6.03 Å². The second-order valence-corrected chi connectivity index (χ2v) is 7.71. The highest BCUT2D eigenvalue weighted by Gasteiger charge is 2.36. The summed E-state index contributed by atoms with van der Waals surface area (Å²) in [4.78, 5) is 20.9. The van der Waals surface area contributed by atoms with Crippen LogP contribution in [0.4, 0.5) is 18.0 Å². The summed E-state index contributed by atoms with van der Waals surface area (Å²) < 4.78 is 52.0. The predicted molar refractivity (Wildman–Crippen MR) is 102 cm³/mol. The second-order valence-electron chi connectivity index (χ2n) is 7.71. The third kappa shape index (κ3) is 5.27. The Balaban J connectivity index is 1.54. The van der Waals surface area contributed by atoms with Gasteiger partial charge in [-0.2, -0.15) is 4.98 Å². The highest BCUT2D eigenvalue weighted by molar-refractivity contribution is 5.75. The molecule has 2 aliphatic rings. The average molecular weight is 440 g/mol. The number of urea groups is 1. The number of benzene rings is 1. The van der Waals surface area contributed by atoms with Crippen molar-refractivity contribution in [3.05, 3.63) is 41.5 Å². The van der Waals surface area contributed by atoms with Gasteiger partial charge in [0.2, 0.25) is 5.89 Å². The topological polar surface area (TPSA) is 80.9 Å². The van der Waals surface area contributed by atoms with Crippen molar-refractivity contribution in [2.45, 2.75) is 31.5 Å². The molecule has 168 valence electrons. The number of piperidine rings is 1. The van der Waals surface area contributed by atoms with Gasteiger partial charge in [-0.05, 0) is 31.0 Å². The first-order valence-corrected chi connectivity index (χ1v) is 10.1. The molecule has 2 aliphatic heterocycles. The van der Waals surface area contributed by atoms with E-state index in [1.54, 1.807) is 28.9 Å². The minimum absolute atomic E-state index is 0.0914. The highest BCUT2D eigenvalue weighted by Crippen LogP contribution is 2.36. The fraction of sp³-hybridized carbons (Fsp3) is 0.550. The lowest BCUT2D eigenvalue weighted by molar-refractivity contribution is -0.274. The van der Waals surface area contributed by atoms with Gasteiger partial charge in [0.05, 0.1) is 19.1 Å². The number of nitrogens with zero attached hydrogens (tertiary/aromatic N) is 4. The molecule has 0 spiro atoms. The number of alkyl halides is 3. The van der Waals surface area contributed by atoms with Gasteiger partial charge < -0.3 is 23.8 Å². The molecule has 0 N–H and O–H groups in total. The monoisotopic (exact) mass is 440 g/mol. The molecule has 1 aromatic heterocycles. The number of aryl methyl sites for hydroxylation is 1. The number of rotatable bonds is 3. The smallest absolute Gasteiger partial charge is 0.406 e. The van der Waals surface area contributed by atoms with Crippen molar-refractivity contribution in [1.29, 1.82) is 0 Å². The first-order valence-electron chi connectivity index (χ1n) is 10.1. The van der Waals surface area contributed by atoms with Gasteiger partial charge in [0, 0.05) is 32.1 Å². The number of carbonyl (C=O) groups excluding carboxylic acids is 1. The third-order valence-electron chi connectivity index (χ3n) is 5.48. The SMILES string of the molecule is Cc1noc(C2CC(c3ccc(OC(F)(F)F)cc3)CN(C(=O)N3CCOCC3)C2)n1. The normalized spacial score (nSPS) is 22.5. The Labute approximate surface area is 176 Å². The van der Waals surface area contributed by atoms with Crippen LogP contribution in [0.5, 0.6) is 5.75 Å². The summed E-state index contributed by atoms with van der Waals surface area (Å²) in [5, 5.41) is 3.86. The van der Waals surface area contributed by atoms with Crippen molar-refractivity contribution < 1.29 is 32.0 Å². The summed E-state index contributed by atoms with van der Waals surface area (Å²) in [6, 6.07) is 5.69. The molecule has 0 aliphatic carbocycles. The Hall–Kier alpha value is -2.82. The van der Waals surface area contributed by atoms with Gasteiger partial charge in [-0.1, -0.05) is 17.3 Å². The molecule has 3 heterocycles. The van der Waals surface area contributed by atoms with Crippen LogP contribution in [0.25, 0.3) is 0 Å². The van der Waals surface area contributed by atoms with E-state index in [4.69, 9.17) is 9.26 Å².